The van der Waals surface area contributed by atoms with Crippen molar-refractivity contribution in [2.75, 3.05) is 0 Å². The summed E-state index contributed by atoms with van der Waals surface area (Å²) < 4.78 is 0. The van der Waals surface area contributed by atoms with Crippen molar-refractivity contribution in [3.63, 3.8) is 0 Å². The topological polar surface area (TPSA) is 0 Å². The third-order valence-corrected chi connectivity index (χ3v) is 2.87. The van der Waals surface area contributed by atoms with E-state index in [1.54, 1.807) is 6.08 Å². The molecule has 0 rings (SSSR count). The fourth-order valence-electron chi connectivity index (χ4n) is 1.37. The molecule has 0 unspecified atom stereocenters. The highest BCUT2D eigenvalue weighted by Gasteiger charge is 1.95. The van der Waals surface area contributed by atoms with Crippen molar-refractivity contribution in [1.82, 2.24) is 0 Å². The molecule has 0 heterocycles. The van der Waals surface area contributed by atoms with E-state index in [-0.39, 0.29) is 0 Å². The van der Waals surface area contributed by atoms with Crippen molar-refractivity contribution in [3.8, 4) is 0 Å². The van der Waals surface area contributed by atoms with Crippen molar-refractivity contribution >= 4 is 0 Å². The Morgan fingerprint density at radius 2 is 1.25 bits per heavy atom. The quantitative estimate of drug-likeness (QED) is 0.235. The van der Waals surface area contributed by atoms with E-state index < -0.39 is 0 Å². The van der Waals surface area contributed by atoms with Gasteiger partial charge in [0.1, 0.15) is 0 Å². The van der Waals surface area contributed by atoms with Gasteiger partial charge in [-0.1, -0.05) is 95.8 Å². The van der Waals surface area contributed by atoms with Gasteiger partial charge in [-0.05, 0) is 46.5 Å². The lowest BCUT2D eigenvalue weighted by molar-refractivity contribution is 0.827. The second kappa shape index (κ2) is 29.9. The van der Waals surface area contributed by atoms with Crippen LogP contribution in [0.2, 0.25) is 0 Å². The zero-order chi connectivity index (χ0) is 19.8. The van der Waals surface area contributed by atoms with Crippen LogP contribution in [-0.2, 0) is 0 Å². The van der Waals surface area contributed by atoms with Crippen LogP contribution >= 0.6 is 0 Å². The molecule has 0 saturated heterocycles. The number of allylic oxidation sites excluding steroid dienone is 5. The molecule has 0 atom stereocenters. The van der Waals surface area contributed by atoms with Crippen LogP contribution in [0.5, 0.6) is 0 Å². The predicted octanol–water partition coefficient (Wildman–Crippen LogP) is 9.45. The summed E-state index contributed by atoms with van der Waals surface area (Å²) in [5.74, 6) is 0. The van der Waals surface area contributed by atoms with Crippen LogP contribution in [0.25, 0.3) is 0 Å². The van der Waals surface area contributed by atoms with Gasteiger partial charge >= 0.3 is 0 Å². The Morgan fingerprint density at radius 1 is 0.833 bits per heavy atom. The maximum atomic E-state index is 4.07. The standard InChI is InChI=1S/C14H24.C4H10.C3H8.C3H6/c1-6-9-13(4)14(5)11-8-7-10-12(2)3;1-3-4-2;2*1-3-2/h11H,2,4,6-10H2,1,3,5H3;3-4H2,1-2H3;3H2,1-2H3;3H,1H2,2H3/b14-11-;;;. The van der Waals surface area contributed by atoms with Gasteiger partial charge in [0.2, 0.25) is 0 Å². The SMILES string of the molecule is C=C(C)CCC/C=C(/C)C(=C)CCC.C=CC.CCC.CCCC. The van der Waals surface area contributed by atoms with Crippen LogP contribution in [0.15, 0.2) is 48.6 Å². The summed E-state index contributed by atoms with van der Waals surface area (Å²) in [6.07, 6.45) is 13.8. The summed E-state index contributed by atoms with van der Waals surface area (Å²) in [6, 6.07) is 0. The van der Waals surface area contributed by atoms with E-state index in [4.69, 9.17) is 0 Å². The van der Waals surface area contributed by atoms with Gasteiger partial charge in [-0.25, -0.2) is 0 Å². The van der Waals surface area contributed by atoms with E-state index in [0.717, 1.165) is 19.3 Å². The summed E-state index contributed by atoms with van der Waals surface area (Å²) in [4.78, 5) is 0. The molecule has 0 aliphatic heterocycles. The molecule has 0 bridgehead atoms. The molecule has 0 spiro atoms. The first kappa shape index (κ1) is 30.8. The van der Waals surface area contributed by atoms with Crippen LogP contribution in [0, 0.1) is 0 Å². The lowest BCUT2D eigenvalue weighted by Crippen LogP contribution is -1.84. The molecule has 0 fully saturated rings. The highest BCUT2D eigenvalue weighted by atomic mass is 14.0. The average Bonchev–Trinajstić information content (AvgIpc) is 2.53. The molecule has 0 heteroatoms. The Bertz CT molecular complexity index is 289. The second-order valence-electron chi connectivity index (χ2n) is 6.21. The van der Waals surface area contributed by atoms with E-state index in [2.05, 4.69) is 74.3 Å². The molecule has 0 aliphatic carbocycles. The molecular formula is C24H48. The molecular weight excluding hydrogens is 288 g/mol. The molecule has 0 aromatic rings. The Hall–Kier alpha value is -1.04. The van der Waals surface area contributed by atoms with Gasteiger partial charge in [0, 0.05) is 0 Å². The minimum atomic E-state index is 1.13. The molecule has 24 heavy (non-hydrogen) atoms. The first-order chi connectivity index (χ1) is 11.3. The summed E-state index contributed by atoms with van der Waals surface area (Å²) in [7, 11) is 0. The van der Waals surface area contributed by atoms with Gasteiger partial charge in [-0.3, -0.25) is 0 Å². The molecule has 0 radical (unpaired) electrons. The molecule has 0 aromatic carbocycles. The first-order valence-electron chi connectivity index (χ1n) is 9.88. The van der Waals surface area contributed by atoms with E-state index in [0.29, 0.717) is 0 Å². The molecule has 0 aliphatic rings. The van der Waals surface area contributed by atoms with Gasteiger partial charge in [-0.2, -0.15) is 0 Å². The largest absolute Gasteiger partial charge is 0.103 e. The monoisotopic (exact) mass is 336 g/mol. The summed E-state index contributed by atoms with van der Waals surface area (Å²) in [6.45, 7) is 28.3. The van der Waals surface area contributed by atoms with Crippen molar-refractivity contribution in [1.29, 1.82) is 0 Å². The normalized spacial score (nSPS) is 9.25. The highest BCUT2D eigenvalue weighted by molar-refractivity contribution is 5.25. The molecule has 0 amide bonds. The first-order valence-corrected chi connectivity index (χ1v) is 9.88. The summed E-state index contributed by atoms with van der Waals surface area (Å²) >= 11 is 0. The van der Waals surface area contributed by atoms with E-state index >= 15 is 0 Å². The molecule has 0 aromatic heterocycles. The van der Waals surface area contributed by atoms with Gasteiger partial charge < -0.3 is 0 Å². The fraction of sp³-hybridized carbons (Fsp3) is 0.667. The van der Waals surface area contributed by atoms with Crippen molar-refractivity contribution in [3.05, 3.63) is 48.6 Å². The van der Waals surface area contributed by atoms with Gasteiger partial charge in [0.25, 0.3) is 0 Å². The van der Waals surface area contributed by atoms with Crippen molar-refractivity contribution in [2.24, 2.45) is 0 Å². The zero-order valence-corrected chi connectivity index (χ0v) is 18.4. The maximum absolute atomic E-state index is 4.07. The Labute approximate surface area is 155 Å². The number of rotatable bonds is 8. The minimum Gasteiger partial charge on any atom is -0.103 e. The lowest BCUT2D eigenvalue weighted by Gasteiger charge is -2.04. The molecule has 144 valence electrons. The predicted molar refractivity (Wildman–Crippen MR) is 119 cm³/mol. The van der Waals surface area contributed by atoms with Crippen molar-refractivity contribution < 1.29 is 0 Å². The van der Waals surface area contributed by atoms with Crippen LogP contribution in [0.4, 0.5) is 0 Å². The van der Waals surface area contributed by atoms with Crippen LogP contribution in [0.3, 0.4) is 0 Å². The summed E-state index contributed by atoms with van der Waals surface area (Å²) in [5, 5.41) is 0. The third kappa shape index (κ3) is 42.8. The highest BCUT2D eigenvalue weighted by Crippen LogP contribution is 2.15. The van der Waals surface area contributed by atoms with Gasteiger partial charge in [0.15, 0.2) is 0 Å². The van der Waals surface area contributed by atoms with E-state index in [9.17, 15) is 0 Å². The zero-order valence-electron chi connectivity index (χ0n) is 18.4. The van der Waals surface area contributed by atoms with Crippen molar-refractivity contribution in [2.45, 2.75) is 107 Å². The summed E-state index contributed by atoms with van der Waals surface area (Å²) in [5.41, 5.74) is 3.94. The third-order valence-electron chi connectivity index (χ3n) is 2.87. The fourth-order valence-corrected chi connectivity index (χ4v) is 1.37. The minimum absolute atomic E-state index is 1.13. The van der Waals surface area contributed by atoms with Crippen LogP contribution in [0.1, 0.15) is 107 Å². The second-order valence-corrected chi connectivity index (χ2v) is 6.21. The van der Waals surface area contributed by atoms with Crippen LogP contribution in [-0.4, -0.2) is 0 Å². The average molecular weight is 337 g/mol. The molecule has 0 N–H and O–H groups in total. The number of unbranched alkanes of at least 4 members (excludes halogenated alkanes) is 2. The molecule has 0 nitrogen and oxygen atoms in total. The molecule has 0 saturated carbocycles. The Balaban J connectivity index is -0.000000164. The lowest BCUT2D eigenvalue weighted by atomic mass is 10.0. The van der Waals surface area contributed by atoms with Gasteiger partial charge in [0.05, 0.1) is 0 Å². The van der Waals surface area contributed by atoms with E-state index in [1.807, 2.05) is 6.92 Å². The van der Waals surface area contributed by atoms with Gasteiger partial charge in [-0.15, -0.1) is 13.2 Å². The maximum Gasteiger partial charge on any atom is -0.0285 e. The smallest absolute Gasteiger partial charge is 0.0285 e. The Kier molecular flexibility index (Phi) is 38.4. The number of hydrogen-bond acceptors (Lipinski definition) is 0. The van der Waals surface area contributed by atoms with E-state index in [1.165, 1.54) is 48.8 Å². The number of hydrogen-bond donors (Lipinski definition) is 0. The Morgan fingerprint density at radius 3 is 1.54 bits per heavy atom. The van der Waals surface area contributed by atoms with Crippen LogP contribution < -0.4 is 0 Å².